The van der Waals surface area contributed by atoms with E-state index < -0.39 is 0 Å². The molecule has 1 aromatic heterocycles. The maximum absolute atomic E-state index is 12.6. The number of aromatic nitrogens is 2. The standard InChI is InChI=1S/C12H14FN3O/c13-10-2-4-12(5-3-10)17-7-1-6-16-9-11(14)8-15-16/h2-5,8-9H,1,6-7,14H2. The van der Waals surface area contributed by atoms with Crippen molar-refractivity contribution in [3.05, 3.63) is 42.5 Å². The number of nitrogens with two attached hydrogens (primary N) is 1. The van der Waals surface area contributed by atoms with Gasteiger partial charge in [-0.15, -0.1) is 0 Å². The van der Waals surface area contributed by atoms with Gasteiger partial charge in [0.1, 0.15) is 11.6 Å². The Balaban J connectivity index is 1.71. The maximum Gasteiger partial charge on any atom is 0.123 e. The first kappa shape index (κ1) is 11.4. The van der Waals surface area contributed by atoms with E-state index in [0.29, 0.717) is 18.0 Å². The van der Waals surface area contributed by atoms with Crippen LogP contribution >= 0.6 is 0 Å². The van der Waals surface area contributed by atoms with Crippen LogP contribution < -0.4 is 10.5 Å². The van der Waals surface area contributed by atoms with E-state index in [2.05, 4.69) is 5.10 Å². The molecule has 2 rings (SSSR count). The van der Waals surface area contributed by atoms with Gasteiger partial charge in [-0.25, -0.2) is 4.39 Å². The molecule has 0 aliphatic carbocycles. The molecule has 1 aromatic carbocycles. The van der Waals surface area contributed by atoms with Gasteiger partial charge in [0.05, 0.1) is 18.5 Å². The maximum atomic E-state index is 12.6. The topological polar surface area (TPSA) is 53.1 Å². The quantitative estimate of drug-likeness (QED) is 0.807. The van der Waals surface area contributed by atoms with Crippen molar-refractivity contribution in [2.75, 3.05) is 12.3 Å². The monoisotopic (exact) mass is 235 g/mol. The lowest BCUT2D eigenvalue weighted by atomic mass is 10.3. The lowest BCUT2D eigenvalue weighted by Crippen LogP contribution is -2.04. The molecule has 17 heavy (non-hydrogen) atoms. The van der Waals surface area contributed by atoms with Crippen LogP contribution in [-0.4, -0.2) is 16.4 Å². The third kappa shape index (κ3) is 3.48. The molecule has 0 saturated carbocycles. The van der Waals surface area contributed by atoms with Crippen molar-refractivity contribution >= 4 is 5.69 Å². The molecule has 2 aromatic rings. The summed E-state index contributed by atoms with van der Waals surface area (Å²) in [6.45, 7) is 1.31. The van der Waals surface area contributed by atoms with Gasteiger partial charge in [0.25, 0.3) is 0 Å². The summed E-state index contributed by atoms with van der Waals surface area (Å²) in [4.78, 5) is 0. The van der Waals surface area contributed by atoms with Gasteiger partial charge in [-0.05, 0) is 24.3 Å². The molecule has 5 heteroatoms. The SMILES string of the molecule is Nc1cnn(CCCOc2ccc(F)cc2)c1. The van der Waals surface area contributed by atoms with Gasteiger partial charge in [0, 0.05) is 19.2 Å². The fourth-order valence-electron chi connectivity index (χ4n) is 1.45. The molecule has 1 heterocycles. The Bertz CT molecular complexity index is 467. The van der Waals surface area contributed by atoms with Gasteiger partial charge in [0.15, 0.2) is 0 Å². The third-order valence-electron chi connectivity index (χ3n) is 2.27. The predicted octanol–water partition coefficient (Wildman–Crippen LogP) is 2.07. The fourth-order valence-corrected chi connectivity index (χ4v) is 1.45. The Labute approximate surface area is 98.8 Å². The smallest absolute Gasteiger partial charge is 0.123 e. The predicted molar refractivity (Wildman–Crippen MR) is 63.2 cm³/mol. The van der Waals surface area contributed by atoms with Crippen LogP contribution in [0.25, 0.3) is 0 Å². The zero-order chi connectivity index (χ0) is 12.1. The molecule has 0 fully saturated rings. The zero-order valence-electron chi connectivity index (χ0n) is 9.34. The lowest BCUT2D eigenvalue weighted by Gasteiger charge is -2.05. The minimum Gasteiger partial charge on any atom is -0.494 e. The summed E-state index contributed by atoms with van der Waals surface area (Å²) in [5, 5.41) is 4.06. The summed E-state index contributed by atoms with van der Waals surface area (Å²) in [6.07, 6.45) is 4.21. The number of halogens is 1. The Kier molecular flexibility index (Phi) is 3.59. The first-order valence-electron chi connectivity index (χ1n) is 5.40. The molecule has 0 aliphatic rings. The van der Waals surface area contributed by atoms with Crippen molar-refractivity contribution in [1.82, 2.24) is 9.78 Å². The highest BCUT2D eigenvalue weighted by Crippen LogP contribution is 2.11. The van der Waals surface area contributed by atoms with E-state index in [1.54, 1.807) is 29.2 Å². The number of nitrogens with zero attached hydrogens (tertiary/aromatic N) is 2. The summed E-state index contributed by atoms with van der Waals surface area (Å²) in [5.74, 6) is 0.413. The first-order chi connectivity index (χ1) is 8.24. The largest absolute Gasteiger partial charge is 0.494 e. The second kappa shape index (κ2) is 5.34. The molecule has 0 radical (unpaired) electrons. The number of hydrogen-bond donors (Lipinski definition) is 1. The second-order valence-corrected chi connectivity index (χ2v) is 3.69. The average molecular weight is 235 g/mol. The lowest BCUT2D eigenvalue weighted by molar-refractivity contribution is 0.298. The summed E-state index contributed by atoms with van der Waals surface area (Å²) in [7, 11) is 0. The van der Waals surface area contributed by atoms with Crippen LogP contribution in [0.2, 0.25) is 0 Å². The van der Waals surface area contributed by atoms with E-state index >= 15 is 0 Å². The summed E-state index contributed by atoms with van der Waals surface area (Å²) in [6, 6.07) is 5.98. The number of benzene rings is 1. The zero-order valence-corrected chi connectivity index (χ0v) is 9.34. The highest BCUT2D eigenvalue weighted by atomic mass is 19.1. The van der Waals surface area contributed by atoms with Gasteiger partial charge < -0.3 is 10.5 Å². The molecule has 0 spiro atoms. The van der Waals surface area contributed by atoms with Crippen LogP contribution in [0.1, 0.15) is 6.42 Å². The fraction of sp³-hybridized carbons (Fsp3) is 0.250. The van der Waals surface area contributed by atoms with Crippen molar-refractivity contribution < 1.29 is 9.13 Å². The molecule has 4 nitrogen and oxygen atoms in total. The van der Waals surface area contributed by atoms with E-state index in [1.807, 2.05) is 0 Å². The Morgan fingerprint density at radius 3 is 2.71 bits per heavy atom. The van der Waals surface area contributed by atoms with Crippen molar-refractivity contribution in [2.45, 2.75) is 13.0 Å². The molecule has 90 valence electrons. The molecule has 0 atom stereocenters. The van der Waals surface area contributed by atoms with Crippen molar-refractivity contribution in [3.8, 4) is 5.75 Å². The molecule has 0 aliphatic heterocycles. The molecule has 2 N–H and O–H groups in total. The first-order valence-corrected chi connectivity index (χ1v) is 5.40. The average Bonchev–Trinajstić information content (AvgIpc) is 2.73. The molecule has 0 amide bonds. The number of hydrogen-bond acceptors (Lipinski definition) is 3. The number of aryl methyl sites for hydroxylation is 1. The van der Waals surface area contributed by atoms with Crippen LogP contribution in [0.5, 0.6) is 5.75 Å². The number of rotatable bonds is 5. The van der Waals surface area contributed by atoms with E-state index in [4.69, 9.17) is 10.5 Å². The van der Waals surface area contributed by atoms with Crippen LogP contribution in [0.3, 0.4) is 0 Å². The van der Waals surface area contributed by atoms with Gasteiger partial charge >= 0.3 is 0 Å². The van der Waals surface area contributed by atoms with Gasteiger partial charge in [-0.3, -0.25) is 4.68 Å². The normalized spacial score (nSPS) is 10.4. The number of ether oxygens (including phenoxy) is 1. The number of anilines is 1. The molecule has 0 bridgehead atoms. The summed E-state index contributed by atoms with van der Waals surface area (Å²) >= 11 is 0. The molecular formula is C12H14FN3O. The van der Waals surface area contributed by atoms with E-state index in [1.165, 1.54) is 12.1 Å². The molecular weight excluding hydrogens is 221 g/mol. The van der Waals surface area contributed by atoms with Gasteiger partial charge in [-0.2, -0.15) is 5.10 Å². The van der Waals surface area contributed by atoms with Crippen LogP contribution in [0.4, 0.5) is 10.1 Å². The highest BCUT2D eigenvalue weighted by Gasteiger charge is 1.97. The van der Waals surface area contributed by atoms with Crippen molar-refractivity contribution in [1.29, 1.82) is 0 Å². The molecule has 0 saturated heterocycles. The van der Waals surface area contributed by atoms with E-state index in [-0.39, 0.29) is 5.82 Å². The van der Waals surface area contributed by atoms with E-state index in [9.17, 15) is 4.39 Å². The Morgan fingerprint density at radius 1 is 1.29 bits per heavy atom. The van der Waals surface area contributed by atoms with Gasteiger partial charge in [0.2, 0.25) is 0 Å². The van der Waals surface area contributed by atoms with Crippen LogP contribution in [-0.2, 0) is 6.54 Å². The van der Waals surface area contributed by atoms with Crippen molar-refractivity contribution in [2.24, 2.45) is 0 Å². The van der Waals surface area contributed by atoms with Gasteiger partial charge in [-0.1, -0.05) is 0 Å². The van der Waals surface area contributed by atoms with Crippen LogP contribution in [0.15, 0.2) is 36.7 Å². The minimum absolute atomic E-state index is 0.260. The molecule has 0 unspecified atom stereocenters. The minimum atomic E-state index is -0.260. The van der Waals surface area contributed by atoms with Crippen LogP contribution in [0, 0.1) is 5.82 Å². The Hall–Kier alpha value is -2.04. The van der Waals surface area contributed by atoms with Crippen molar-refractivity contribution in [3.63, 3.8) is 0 Å². The third-order valence-corrected chi connectivity index (χ3v) is 2.27. The number of nitrogen functional groups attached to an aromatic ring is 1. The highest BCUT2D eigenvalue weighted by molar-refractivity contribution is 5.30. The van der Waals surface area contributed by atoms with E-state index in [0.717, 1.165) is 13.0 Å². The summed E-state index contributed by atoms with van der Waals surface area (Å²) in [5.41, 5.74) is 6.19. The summed E-state index contributed by atoms with van der Waals surface area (Å²) < 4.78 is 19.8. The second-order valence-electron chi connectivity index (χ2n) is 3.69. The Morgan fingerprint density at radius 2 is 2.06 bits per heavy atom.